The highest BCUT2D eigenvalue weighted by atomic mass is 35.5. The van der Waals surface area contributed by atoms with Gasteiger partial charge < -0.3 is 14.8 Å². The van der Waals surface area contributed by atoms with Crippen LogP contribution in [0.15, 0.2) is 18.2 Å². The van der Waals surface area contributed by atoms with Crippen LogP contribution in [0.4, 0.5) is 5.69 Å². The summed E-state index contributed by atoms with van der Waals surface area (Å²) in [7, 11) is -2.32. The number of hydrogen-bond donors (Lipinski definition) is 1. The van der Waals surface area contributed by atoms with Gasteiger partial charge in [0.25, 0.3) is 0 Å². The molecule has 1 aromatic rings. The maximum absolute atomic E-state index is 12.8. The van der Waals surface area contributed by atoms with E-state index in [4.69, 9.17) is 21.1 Å². The Morgan fingerprint density at radius 3 is 2.66 bits per heavy atom. The van der Waals surface area contributed by atoms with Gasteiger partial charge in [-0.05, 0) is 37.6 Å². The predicted molar refractivity (Wildman–Crippen MR) is 114 cm³/mol. The van der Waals surface area contributed by atoms with Crippen molar-refractivity contribution < 1.29 is 22.7 Å². The molecule has 1 heterocycles. The Bertz CT molecular complexity index is 784. The minimum atomic E-state index is -3.76. The van der Waals surface area contributed by atoms with Crippen LogP contribution in [-0.2, 0) is 19.6 Å². The van der Waals surface area contributed by atoms with Crippen LogP contribution in [0, 0.1) is 0 Å². The summed E-state index contributed by atoms with van der Waals surface area (Å²) in [6.45, 7) is 6.34. The van der Waals surface area contributed by atoms with Crippen LogP contribution in [0.3, 0.4) is 0 Å². The quantitative estimate of drug-likeness (QED) is 0.549. The van der Waals surface area contributed by atoms with Crippen molar-refractivity contribution in [2.45, 2.75) is 25.8 Å². The molecular weight excluding hydrogens is 418 g/mol. The monoisotopic (exact) mass is 447 g/mol. The molecule has 0 aliphatic carbocycles. The molecular formula is C19H30ClN3O5S. The fourth-order valence-corrected chi connectivity index (χ4v) is 4.70. The van der Waals surface area contributed by atoms with Gasteiger partial charge in [-0.2, -0.15) is 0 Å². The second-order valence-corrected chi connectivity index (χ2v) is 9.19. The summed E-state index contributed by atoms with van der Waals surface area (Å²) < 4.78 is 36.9. The largest absolute Gasteiger partial charge is 0.495 e. The number of morpholine rings is 1. The first-order valence-corrected chi connectivity index (χ1v) is 11.9. The molecule has 0 saturated carbocycles. The topological polar surface area (TPSA) is 88.2 Å². The van der Waals surface area contributed by atoms with Crippen LogP contribution in [-0.4, -0.2) is 78.0 Å². The van der Waals surface area contributed by atoms with Crippen molar-refractivity contribution in [2.24, 2.45) is 0 Å². The lowest BCUT2D eigenvalue weighted by Gasteiger charge is -2.31. The fourth-order valence-electron chi connectivity index (χ4n) is 3.33. The SMILES string of the molecule is CC[C@H](C(=O)NCCCN1CCOCC1)N(c1cc(Cl)ccc1OC)S(C)(=O)=O. The normalized spacial score (nSPS) is 16.3. The van der Waals surface area contributed by atoms with Gasteiger partial charge in [-0.1, -0.05) is 18.5 Å². The number of benzene rings is 1. The lowest BCUT2D eigenvalue weighted by atomic mass is 10.1. The Morgan fingerprint density at radius 2 is 2.07 bits per heavy atom. The van der Waals surface area contributed by atoms with Crippen molar-refractivity contribution in [3.05, 3.63) is 23.2 Å². The number of amides is 1. The van der Waals surface area contributed by atoms with Crippen LogP contribution in [0.25, 0.3) is 0 Å². The van der Waals surface area contributed by atoms with Crippen LogP contribution >= 0.6 is 11.6 Å². The smallest absolute Gasteiger partial charge is 0.243 e. The highest BCUT2D eigenvalue weighted by Gasteiger charge is 2.33. The number of rotatable bonds is 10. The minimum absolute atomic E-state index is 0.248. The zero-order valence-electron chi connectivity index (χ0n) is 17.2. The fraction of sp³-hybridized carbons (Fsp3) is 0.632. The molecule has 1 aliphatic rings. The van der Waals surface area contributed by atoms with Gasteiger partial charge in [-0.3, -0.25) is 14.0 Å². The van der Waals surface area contributed by atoms with E-state index in [0.29, 0.717) is 23.7 Å². The maximum atomic E-state index is 12.8. The number of ether oxygens (including phenoxy) is 2. The van der Waals surface area contributed by atoms with Gasteiger partial charge in [0.05, 0.1) is 32.3 Å². The van der Waals surface area contributed by atoms with Gasteiger partial charge in [0, 0.05) is 24.7 Å². The van der Waals surface area contributed by atoms with Crippen molar-refractivity contribution in [3.63, 3.8) is 0 Å². The first-order valence-electron chi connectivity index (χ1n) is 9.68. The van der Waals surface area contributed by atoms with Gasteiger partial charge in [0.15, 0.2) is 0 Å². The van der Waals surface area contributed by atoms with E-state index in [0.717, 1.165) is 49.8 Å². The number of methoxy groups -OCH3 is 1. The lowest BCUT2D eigenvalue weighted by molar-refractivity contribution is -0.122. The van der Waals surface area contributed by atoms with E-state index in [1.165, 1.54) is 13.2 Å². The zero-order chi connectivity index (χ0) is 21.4. The van der Waals surface area contributed by atoms with Crippen LogP contribution < -0.4 is 14.4 Å². The average molecular weight is 448 g/mol. The Morgan fingerprint density at radius 1 is 1.38 bits per heavy atom. The second-order valence-electron chi connectivity index (χ2n) is 6.90. The molecule has 164 valence electrons. The number of nitrogens with one attached hydrogen (secondary N) is 1. The lowest BCUT2D eigenvalue weighted by Crippen LogP contribution is -2.49. The number of anilines is 1. The van der Waals surface area contributed by atoms with Crippen molar-refractivity contribution >= 4 is 33.2 Å². The molecule has 2 rings (SSSR count). The molecule has 0 spiro atoms. The first kappa shape index (κ1) is 23.7. The van der Waals surface area contributed by atoms with Gasteiger partial charge in [0.1, 0.15) is 11.8 Å². The first-order chi connectivity index (χ1) is 13.8. The number of halogens is 1. The van der Waals surface area contributed by atoms with Crippen LogP contribution in [0.5, 0.6) is 5.75 Å². The summed E-state index contributed by atoms with van der Waals surface area (Å²) in [5.74, 6) is -0.0136. The van der Waals surface area contributed by atoms with Crippen molar-refractivity contribution in [3.8, 4) is 5.75 Å². The molecule has 1 N–H and O–H groups in total. The number of sulfonamides is 1. The van der Waals surface area contributed by atoms with Gasteiger partial charge in [-0.15, -0.1) is 0 Å². The van der Waals surface area contributed by atoms with E-state index in [1.807, 2.05) is 0 Å². The summed E-state index contributed by atoms with van der Waals surface area (Å²) in [6.07, 6.45) is 2.15. The van der Waals surface area contributed by atoms with Crippen LogP contribution in [0.2, 0.25) is 5.02 Å². The highest BCUT2D eigenvalue weighted by Crippen LogP contribution is 2.34. The molecule has 1 fully saturated rings. The average Bonchev–Trinajstić information content (AvgIpc) is 2.69. The molecule has 29 heavy (non-hydrogen) atoms. The third-order valence-corrected chi connectivity index (χ3v) is 6.16. The van der Waals surface area contributed by atoms with E-state index in [2.05, 4.69) is 10.2 Å². The second kappa shape index (κ2) is 11.0. The molecule has 1 aromatic carbocycles. The Balaban J connectivity index is 2.10. The molecule has 1 saturated heterocycles. The minimum Gasteiger partial charge on any atom is -0.495 e. The summed E-state index contributed by atoms with van der Waals surface area (Å²) >= 11 is 6.08. The van der Waals surface area contributed by atoms with E-state index in [1.54, 1.807) is 19.1 Å². The van der Waals surface area contributed by atoms with Gasteiger partial charge in [0.2, 0.25) is 15.9 Å². The Labute approximate surface area is 178 Å². The van der Waals surface area contributed by atoms with Crippen molar-refractivity contribution in [1.82, 2.24) is 10.2 Å². The molecule has 0 radical (unpaired) electrons. The summed E-state index contributed by atoms with van der Waals surface area (Å²) in [5, 5.41) is 3.23. The molecule has 1 amide bonds. The maximum Gasteiger partial charge on any atom is 0.243 e. The molecule has 1 aliphatic heterocycles. The molecule has 0 unspecified atom stereocenters. The van der Waals surface area contributed by atoms with Crippen molar-refractivity contribution in [2.75, 3.05) is 57.1 Å². The molecule has 1 atom stereocenters. The van der Waals surface area contributed by atoms with E-state index >= 15 is 0 Å². The standard InChI is InChI=1S/C19H30ClN3O5S/c1-4-16(19(24)21-8-5-9-22-10-12-28-13-11-22)23(29(3,25)26)17-14-15(20)6-7-18(17)27-2/h6-7,14,16H,4-5,8-13H2,1-3H3,(H,21,24)/t16-/m1/s1. The molecule has 8 nitrogen and oxygen atoms in total. The Kier molecular flexibility index (Phi) is 9.01. The number of hydrogen-bond acceptors (Lipinski definition) is 6. The van der Waals surface area contributed by atoms with Crippen molar-refractivity contribution in [1.29, 1.82) is 0 Å². The Hall–Kier alpha value is -1.55. The number of nitrogens with zero attached hydrogens (tertiary/aromatic N) is 2. The molecule has 0 aromatic heterocycles. The number of carbonyl (C=O) groups is 1. The van der Waals surface area contributed by atoms with Crippen LogP contribution in [0.1, 0.15) is 19.8 Å². The van der Waals surface area contributed by atoms with E-state index in [9.17, 15) is 13.2 Å². The molecule has 10 heteroatoms. The third kappa shape index (κ3) is 6.74. The van der Waals surface area contributed by atoms with E-state index < -0.39 is 16.1 Å². The third-order valence-electron chi connectivity index (χ3n) is 4.76. The van der Waals surface area contributed by atoms with Gasteiger partial charge in [-0.25, -0.2) is 8.42 Å². The number of carbonyl (C=O) groups excluding carboxylic acids is 1. The summed E-state index contributed by atoms with van der Waals surface area (Å²) in [4.78, 5) is 15.1. The highest BCUT2D eigenvalue weighted by molar-refractivity contribution is 7.92. The summed E-state index contributed by atoms with van der Waals surface area (Å²) in [5.41, 5.74) is 0.248. The van der Waals surface area contributed by atoms with E-state index in [-0.39, 0.29) is 11.6 Å². The molecule has 0 bridgehead atoms. The van der Waals surface area contributed by atoms with Gasteiger partial charge >= 0.3 is 0 Å². The predicted octanol–water partition coefficient (Wildman–Crippen LogP) is 1.73. The summed E-state index contributed by atoms with van der Waals surface area (Å²) in [6, 6.07) is 3.79. The zero-order valence-corrected chi connectivity index (χ0v) is 18.8.